The molecule has 0 radical (unpaired) electrons. The van der Waals surface area contributed by atoms with Crippen LogP contribution in [0.2, 0.25) is 0 Å². The maximum atomic E-state index is 10.6. The first-order valence-corrected chi connectivity index (χ1v) is 12.6. The molecule has 2 fully saturated rings. The van der Waals surface area contributed by atoms with Crippen molar-refractivity contribution in [2.45, 2.75) is 70.1 Å². The Labute approximate surface area is 198 Å². The lowest BCUT2D eigenvalue weighted by atomic mass is 9.81. The molecule has 3 aromatic rings. The minimum Gasteiger partial charge on any atom is -0.474 e. The van der Waals surface area contributed by atoms with E-state index in [1.54, 1.807) is 17.5 Å². The molecule has 33 heavy (non-hydrogen) atoms. The zero-order valence-electron chi connectivity index (χ0n) is 19.2. The van der Waals surface area contributed by atoms with E-state index in [-0.39, 0.29) is 6.10 Å². The third-order valence-corrected chi connectivity index (χ3v) is 7.74. The summed E-state index contributed by atoms with van der Waals surface area (Å²) in [6.45, 7) is 5.25. The van der Waals surface area contributed by atoms with Gasteiger partial charge in [0.15, 0.2) is 0 Å². The average molecular weight is 466 g/mol. The molecule has 0 amide bonds. The first-order chi connectivity index (χ1) is 16.0. The lowest BCUT2D eigenvalue weighted by Gasteiger charge is -2.34. The van der Waals surface area contributed by atoms with Gasteiger partial charge in [0, 0.05) is 30.2 Å². The van der Waals surface area contributed by atoms with Crippen LogP contribution in [0, 0.1) is 6.92 Å². The lowest BCUT2D eigenvalue weighted by Crippen LogP contribution is -2.33. The monoisotopic (exact) mass is 465 g/mol. The number of aryl methyl sites for hydroxylation is 1. The first-order valence-electron chi connectivity index (χ1n) is 11.8. The molecule has 2 aliphatic rings. The molecule has 3 heterocycles. The molecule has 1 aliphatic heterocycles. The maximum absolute atomic E-state index is 10.6. The summed E-state index contributed by atoms with van der Waals surface area (Å²) in [7, 11) is 0. The maximum Gasteiger partial charge on any atom is 0.230 e. The highest BCUT2D eigenvalue weighted by atomic mass is 32.1. The van der Waals surface area contributed by atoms with E-state index in [2.05, 4.69) is 57.6 Å². The van der Waals surface area contributed by atoms with Crippen molar-refractivity contribution in [3.8, 4) is 16.3 Å². The summed E-state index contributed by atoms with van der Waals surface area (Å²) in [5, 5.41) is 18.3. The normalized spacial score (nSPS) is 22.3. The van der Waals surface area contributed by atoms with Crippen LogP contribution in [0.4, 0.5) is 11.6 Å². The number of rotatable bonds is 6. The zero-order chi connectivity index (χ0) is 22.8. The molecule has 1 aromatic carbocycles. The fourth-order valence-corrected chi connectivity index (χ4v) is 5.45. The van der Waals surface area contributed by atoms with Crippen LogP contribution in [0.5, 0.6) is 5.88 Å². The van der Waals surface area contributed by atoms with Gasteiger partial charge in [-0.2, -0.15) is 4.98 Å². The number of hydrogen-bond acceptors (Lipinski definition) is 8. The Morgan fingerprint density at radius 2 is 2.06 bits per heavy atom. The quantitative estimate of drug-likeness (QED) is 0.475. The van der Waals surface area contributed by atoms with Gasteiger partial charge in [-0.15, -0.1) is 11.3 Å². The second kappa shape index (κ2) is 9.37. The Balaban J connectivity index is 1.31. The van der Waals surface area contributed by atoms with Crippen LogP contribution in [-0.4, -0.2) is 38.7 Å². The molecular formula is C25H31N5O2S. The molecule has 2 unspecified atom stereocenters. The summed E-state index contributed by atoms with van der Waals surface area (Å²) in [6.07, 6.45) is 9.52. The number of aromatic nitrogens is 3. The zero-order valence-corrected chi connectivity index (χ0v) is 20.0. The Kier molecular flexibility index (Phi) is 6.32. The van der Waals surface area contributed by atoms with Gasteiger partial charge in [-0.05, 0) is 82.2 Å². The Morgan fingerprint density at radius 3 is 2.88 bits per heavy atom. The van der Waals surface area contributed by atoms with E-state index in [4.69, 9.17) is 4.74 Å². The van der Waals surface area contributed by atoms with Crippen LogP contribution >= 0.6 is 11.3 Å². The van der Waals surface area contributed by atoms with E-state index in [0.717, 1.165) is 71.8 Å². The van der Waals surface area contributed by atoms with Crippen LogP contribution < -0.4 is 15.4 Å². The number of thiazole rings is 1. The smallest absolute Gasteiger partial charge is 0.230 e. The Bertz CT molecular complexity index is 1110. The highest BCUT2D eigenvalue weighted by Crippen LogP contribution is 2.44. The molecule has 2 aromatic heterocycles. The number of benzene rings is 1. The standard InChI is InChI=1S/C25H31N5O2S/c1-16-12-18(21-15-28-23(33-21)25(31)8-3-9-25)14-19(13-16)29-24-27-11-7-22(30-24)32-20-5-4-17(2)26-10-6-20/h7,11-15,17,20,26,31H,3-6,8-10H2,1-2H3,(H,27,29,30). The summed E-state index contributed by atoms with van der Waals surface area (Å²) >= 11 is 1.57. The van der Waals surface area contributed by atoms with Crippen molar-refractivity contribution in [1.82, 2.24) is 20.3 Å². The number of nitrogens with zero attached hydrogens (tertiary/aromatic N) is 3. The van der Waals surface area contributed by atoms with Gasteiger partial charge < -0.3 is 20.5 Å². The number of anilines is 2. The largest absolute Gasteiger partial charge is 0.474 e. The summed E-state index contributed by atoms with van der Waals surface area (Å²) in [6, 6.07) is 8.63. The number of ether oxygens (including phenoxy) is 1. The second-order valence-electron chi connectivity index (χ2n) is 9.31. The number of aliphatic hydroxyl groups is 1. The topological polar surface area (TPSA) is 92.2 Å². The SMILES string of the molecule is Cc1cc(Nc2nccc(OC3CCNC(C)CC3)n2)cc(-c2cnc(C3(O)CCC3)s2)c1. The minimum absolute atomic E-state index is 0.168. The van der Waals surface area contributed by atoms with Crippen molar-refractivity contribution in [1.29, 1.82) is 0 Å². The fourth-order valence-electron chi connectivity index (χ4n) is 4.40. The molecule has 3 N–H and O–H groups in total. The third kappa shape index (κ3) is 5.18. The molecule has 174 valence electrons. The molecule has 1 saturated carbocycles. The molecular weight excluding hydrogens is 434 g/mol. The van der Waals surface area contributed by atoms with E-state index < -0.39 is 5.60 Å². The van der Waals surface area contributed by atoms with Gasteiger partial charge in [0.2, 0.25) is 11.8 Å². The van der Waals surface area contributed by atoms with Crippen molar-refractivity contribution in [3.63, 3.8) is 0 Å². The van der Waals surface area contributed by atoms with E-state index in [0.29, 0.717) is 17.9 Å². The number of hydrogen-bond donors (Lipinski definition) is 3. The van der Waals surface area contributed by atoms with E-state index in [1.165, 1.54) is 0 Å². The molecule has 0 bridgehead atoms. The van der Waals surface area contributed by atoms with Crippen molar-refractivity contribution in [2.24, 2.45) is 0 Å². The average Bonchev–Trinajstić information content (AvgIpc) is 3.18. The van der Waals surface area contributed by atoms with Crippen LogP contribution in [0.25, 0.3) is 10.4 Å². The van der Waals surface area contributed by atoms with E-state index in [9.17, 15) is 5.11 Å². The first kappa shape index (κ1) is 22.3. The van der Waals surface area contributed by atoms with Gasteiger partial charge in [-0.25, -0.2) is 9.97 Å². The molecule has 1 saturated heterocycles. The summed E-state index contributed by atoms with van der Waals surface area (Å²) in [5.74, 6) is 1.11. The van der Waals surface area contributed by atoms with Crippen molar-refractivity contribution in [3.05, 3.63) is 47.2 Å². The van der Waals surface area contributed by atoms with Crippen LogP contribution in [-0.2, 0) is 5.60 Å². The summed E-state index contributed by atoms with van der Waals surface area (Å²) < 4.78 is 6.17. The number of nitrogens with one attached hydrogen (secondary N) is 2. The van der Waals surface area contributed by atoms with Crippen LogP contribution in [0.3, 0.4) is 0 Å². The molecule has 2 atom stereocenters. The van der Waals surface area contributed by atoms with Crippen LogP contribution in [0.1, 0.15) is 56.0 Å². The highest BCUT2D eigenvalue weighted by molar-refractivity contribution is 7.15. The molecule has 8 heteroatoms. The van der Waals surface area contributed by atoms with Crippen molar-refractivity contribution < 1.29 is 9.84 Å². The third-order valence-electron chi connectivity index (χ3n) is 6.50. The summed E-state index contributed by atoms with van der Waals surface area (Å²) in [4.78, 5) is 14.5. The summed E-state index contributed by atoms with van der Waals surface area (Å²) in [5.41, 5.74) is 2.37. The molecule has 1 aliphatic carbocycles. The highest BCUT2D eigenvalue weighted by Gasteiger charge is 2.39. The molecule has 0 spiro atoms. The minimum atomic E-state index is -0.729. The van der Waals surface area contributed by atoms with Gasteiger partial charge in [0.25, 0.3) is 0 Å². The van der Waals surface area contributed by atoms with Crippen molar-refractivity contribution in [2.75, 3.05) is 11.9 Å². The second-order valence-corrected chi connectivity index (χ2v) is 10.3. The fraction of sp³-hybridized carbons (Fsp3) is 0.480. The van der Waals surface area contributed by atoms with E-state index in [1.807, 2.05) is 12.3 Å². The van der Waals surface area contributed by atoms with Gasteiger partial charge in [-0.1, -0.05) is 6.07 Å². The van der Waals surface area contributed by atoms with Gasteiger partial charge in [-0.3, -0.25) is 0 Å². The van der Waals surface area contributed by atoms with Gasteiger partial charge in [0.05, 0.1) is 4.88 Å². The Hall–Kier alpha value is -2.55. The van der Waals surface area contributed by atoms with Gasteiger partial charge in [0.1, 0.15) is 16.7 Å². The van der Waals surface area contributed by atoms with Crippen molar-refractivity contribution >= 4 is 23.0 Å². The predicted octanol–water partition coefficient (Wildman–Crippen LogP) is 4.93. The lowest BCUT2D eigenvalue weighted by molar-refractivity contribution is -0.0389. The predicted molar refractivity (Wildman–Crippen MR) is 131 cm³/mol. The van der Waals surface area contributed by atoms with Crippen LogP contribution in [0.15, 0.2) is 36.7 Å². The van der Waals surface area contributed by atoms with Gasteiger partial charge >= 0.3 is 0 Å². The Morgan fingerprint density at radius 1 is 1.18 bits per heavy atom. The molecule has 5 rings (SSSR count). The van der Waals surface area contributed by atoms with E-state index >= 15 is 0 Å². The molecule has 7 nitrogen and oxygen atoms in total.